The average Bonchev–Trinajstić information content (AvgIpc) is 2.71. The minimum Gasteiger partial charge on any atom is -0.452 e. The van der Waals surface area contributed by atoms with E-state index in [0.717, 1.165) is 45.7 Å². The number of carbonyl (C=O) groups excluding carboxylic acids is 2. The van der Waals surface area contributed by atoms with Gasteiger partial charge in [-0.3, -0.25) is 4.79 Å². The first-order chi connectivity index (χ1) is 13.5. The fourth-order valence-electron chi connectivity index (χ4n) is 4.13. The summed E-state index contributed by atoms with van der Waals surface area (Å²) in [5.41, 5.74) is 1.67. The Hall–Kier alpha value is -1.92. The highest BCUT2D eigenvalue weighted by Crippen LogP contribution is 2.29. The molecule has 1 saturated carbocycles. The molecule has 1 aliphatic heterocycles. The van der Waals surface area contributed by atoms with Crippen molar-refractivity contribution < 1.29 is 24.0 Å². The second-order valence-electron chi connectivity index (χ2n) is 8.25. The van der Waals surface area contributed by atoms with Gasteiger partial charge in [0.05, 0.1) is 18.8 Å². The Morgan fingerprint density at radius 3 is 2.57 bits per heavy atom. The van der Waals surface area contributed by atoms with Crippen LogP contribution in [-0.2, 0) is 20.8 Å². The third kappa shape index (κ3) is 5.79. The van der Waals surface area contributed by atoms with Gasteiger partial charge in [0, 0.05) is 11.6 Å². The van der Waals surface area contributed by atoms with Gasteiger partial charge in [0.25, 0.3) is 5.91 Å². The van der Waals surface area contributed by atoms with Crippen LogP contribution in [0, 0.1) is 11.8 Å². The molecule has 2 aliphatic rings. The lowest BCUT2D eigenvalue weighted by Gasteiger charge is -2.34. The number of nitrogens with one attached hydrogen (secondary N) is 2. The summed E-state index contributed by atoms with van der Waals surface area (Å²) in [6.07, 6.45) is 3.35. The van der Waals surface area contributed by atoms with E-state index in [0.29, 0.717) is 17.4 Å². The predicted molar refractivity (Wildman–Crippen MR) is 106 cm³/mol. The Balaban J connectivity index is 1.43. The van der Waals surface area contributed by atoms with Crippen molar-refractivity contribution in [3.05, 3.63) is 35.4 Å². The molecule has 1 aromatic carbocycles. The Labute approximate surface area is 167 Å². The molecule has 0 radical (unpaired) electrons. The Bertz CT molecular complexity index is 655. The molecule has 6 heteroatoms. The lowest BCUT2D eigenvalue weighted by Crippen LogP contribution is -3.12. The largest absolute Gasteiger partial charge is 0.452 e. The Kier molecular flexibility index (Phi) is 7.45. The molecular weight excluding hydrogens is 356 g/mol. The summed E-state index contributed by atoms with van der Waals surface area (Å²) in [6, 6.07) is 7.66. The summed E-state index contributed by atoms with van der Waals surface area (Å²) in [5.74, 6) is 0.395. The molecule has 1 heterocycles. The molecule has 2 N–H and O–H groups in total. The van der Waals surface area contributed by atoms with Gasteiger partial charge in [-0.1, -0.05) is 38.8 Å². The van der Waals surface area contributed by atoms with E-state index in [4.69, 9.17) is 9.47 Å². The van der Waals surface area contributed by atoms with Gasteiger partial charge in [0.2, 0.25) is 0 Å². The third-order valence-electron chi connectivity index (χ3n) is 6.23. The highest BCUT2D eigenvalue weighted by Gasteiger charge is 2.28. The fraction of sp³-hybridized carbons (Fsp3) is 0.636. The van der Waals surface area contributed by atoms with Crippen LogP contribution in [0.25, 0.3) is 0 Å². The van der Waals surface area contributed by atoms with Gasteiger partial charge in [-0.25, -0.2) is 4.79 Å². The number of ether oxygens (including phenoxy) is 2. The zero-order valence-electron chi connectivity index (χ0n) is 17.0. The topological polar surface area (TPSA) is 69.1 Å². The molecule has 1 aliphatic carbocycles. The van der Waals surface area contributed by atoms with Gasteiger partial charge in [-0.05, 0) is 30.4 Å². The number of quaternary nitrogens is 1. The summed E-state index contributed by atoms with van der Waals surface area (Å²) in [5, 5.41) is 3.03. The van der Waals surface area contributed by atoms with Crippen molar-refractivity contribution in [2.24, 2.45) is 11.8 Å². The first-order valence-electron chi connectivity index (χ1n) is 10.5. The molecule has 6 nitrogen and oxygen atoms in total. The fourth-order valence-corrected chi connectivity index (χ4v) is 4.13. The average molecular weight is 390 g/mol. The summed E-state index contributed by atoms with van der Waals surface area (Å²) in [6.45, 7) is 8.75. The number of benzene rings is 1. The van der Waals surface area contributed by atoms with Crippen molar-refractivity contribution in [2.75, 3.05) is 32.9 Å². The van der Waals surface area contributed by atoms with E-state index in [1.165, 1.54) is 16.9 Å². The highest BCUT2D eigenvalue weighted by atomic mass is 16.5. The van der Waals surface area contributed by atoms with Crippen LogP contribution < -0.4 is 10.2 Å². The minimum atomic E-state index is -0.453. The SMILES string of the molecule is C[C@H]1[C@@H](NC(=O)COC(=O)c2ccc(C[NH+]3CCOCC3)cc2)CCC[C@@H]1C. The minimum absolute atomic E-state index is 0.178. The van der Waals surface area contributed by atoms with Crippen LogP contribution >= 0.6 is 0 Å². The lowest BCUT2D eigenvalue weighted by molar-refractivity contribution is -0.921. The normalized spacial score (nSPS) is 25.9. The van der Waals surface area contributed by atoms with E-state index in [2.05, 4.69) is 19.2 Å². The molecule has 2 fully saturated rings. The number of amides is 1. The molecule has 1 aromatic rings. The zero-order valence-corrected chi connectivity index (χ0v) is 17.0. The number of hydrogen-bond donors (Lipinski definition) is 2. The highest BCUT2D eigenvalue weighted by molar-refractivity contribution is 5.91. The van der Waals surface area contributed by atoms with E-state index >= 15 is 0 Å². The van der Waals surface area contributed by atoms with Gasteiger partial charge < -0.3 is 19.7 Å². The maximum absolute atomic E-state index is 12.2. The van der Waals surface area contributed by atoms with Crippen LogP contribution in [0.5, 0.6) is 0 Å². The van der Waals surface area contributed by atoms with Crippen molar-refractivity contribution in [2.45, 2.75) is 45.7 Å². The second-order valence-corrected chi connectivity index (χ2v) is 8.25. The molecular formula is C22H33N2O4+. The van der Waals surface area contributed by atoms with E-state index in [1.807, 2.05) is 12.1 Å². The van der Waals surface area contributed by atoms with Crippen LogP contribution in [0.4, 0.5) is 0 Å². The molecule has 3 rings (SSSR count). The van der Waals surface area contributed by atoms with E-state index in [-0.39, 0.29) is 18.6 Å². The lowest BCUT2D eigenvalue weighted by atomic mass is 9.78. The van der Waals surface area contributed by atoms with Crippen LogP contribution in [0.1, 0.15) is 49.0 Å². The van der Waals surface area contributed by atoms with Gasteiger partial charge in [-0.15, -0.1) is 0 Å². The zero-order chi connectivity index (χ0) is 19.9. The van der Waals surface area contributed by atoms with Gasteiger partial charge >= 0.3 is 5.97 Å². The molecule has 3 atom stereocenters. The van der Waals surface area contributed by atoms with Crippen LogP contribution in [0.3, 0.4) is 0 Å². The summed E-state index contributed by atoms with van der Waals surface area (Å²) in [4.78, 5) is 25.9. The standard InChI is InChI=1S/C22H32N2O4/c1-16-4-3-5-20(17(16)2)23-21(25)15-28-22(26)19-8-6-18(7-9-19)14-24-10-12-27-13-11-24/h6-9,16-17,20H,3-5,10-15H2,1-2H3,(H,23,25)/p+1/t16-,17+,20-/m0/s1. The van der Waals surface area contributed by atoms with Crippen molar-refractivity contribution in [3.8, 4) is 0 Å². The quantitative estimate of drug-likeness (QED) is 0.718. The maximum atomic E-state index is 12.2. The molecule has 0 bridgehead atoms. The first-order valence-corrected chi connectivity index (χ1v) is 10.5. The number of esters is 1. The first kappa shape index (κ1) is 20.8. The molecule has 1 saturated heterocycles. The molecule has 28 heavy (non-hydrogen) atoms. The van der Waals surface area contributed by atoms with E-state index < -0.39 is 5.97 Å². The molecule has 0 aromatic heterocycles. The molecule has 154 valence electrons. The van der Waals surface area contributed by atoms with Gasteiger partial charge in [-0.2, -0.15) is 0 Å². The van der Waals surface area contributed by atoms with Gasteiger partial charge in [0.15, 0.2) is 6.61 Å². The second kappa shape index (κ2) is 10.0. The maximum Gasteiger partial charge on any atom is 0.338 e. The molecule has 1 amide bonds. The summed E-state index contributed by atoms with van der Waals surface area (Å²) >= 11 is 0. The number of morpholine rings is 1. The smallest absolute Gasteiger partial charge is 0.338 e. The number of rotatable bonds is 6. The predicted octanol–water partition coefficient (Wildman–Crippen LogP) is 1.20. The van der Waals surface area contributed by atoms with Gasteiger partial charge in [0.1, 0.15) is 19.6 Å². The van der Waals surface area contributed by atoms with E-state index in [1.54, 1.807) is 12.1 Å². The summed E-state index contributed by atoms with van der Waals surface area (Å²) in [7, 11) is 0. The van der Waals surface area contributed by atoms with E-state index in [9.17, 15) is 9.59 Å². The van der Waals surface area contributed by atoms with Crippen molar-refractivity contribution in [3.63, 3.8) is 0 Å². The molecule has 0 unspecified atom stereocenters. The van der Waals surface area contributed by atoms with Crippen molar-refractivity contribution >= 4 is 11.9 Å². The van der Waals surface area contributed by atoms with Crippen LogP contribution in [-0.4, -0.2) is 50.8 Å². The van der Waals surface area contributed by atoms with Crippen LogP contribution in [0.2, 0.25) is 0 Å². The summed E-state index contributed by atoms with van der Waals surface area (Å²) < 4.78 is 10.6. The Morgan fingerprint density at radius 2 is 1.86 bits per heavy atom. The molecule has 0 spiro atoms. The third-order valence-corrected chi connectivity index (χ3v) is 6.23. The number of hydrogen-bond acceptors (Lipinski definition) is 4. The van der Waals surface area contributed by atoms with Crippen molar-refractivity contribution in [1.82, 2.24) is 5.32 Å². The number of carbonyl (C=O) groups is 2. The van der Waals surface area contributed by atoms with Crippen molar-refractivity contribution in [1.29, 1.82) is 0 Å². The monoisotopic (exact) mass is 389 g/mol. The Morgan fingerprint density at radius 1 is 1.14 bits per heavy atom. The van der Waals surface area contributed by atoms with Crippen LogP contribution in [0.15, 0.2) is 24.3 Å².